The molecule has 1 heterocycles. The van der Waals surface area contributed by atoms with E-state index in [1.165, 1.54) is 13.2 Å². The van der Waals surface area contributed by atoms with Gasteiger partial charge in [-0.2, -0.15) is 12.7 Å². The number of hydrogen-bond donors (Lipinski definition) is 2. The zero-order chi connectivity index (χ0) is 12.2. The lowest BCUT2D eigenvalue weighted by molar-refractivity contribution is -0.137. The van der Waals surface area contributed by atoms with E-state index >= 15 is 0 Å². The second-order valence-corrected chi connectivity index (χ2v) is 5.58. The minimum absolute atomic E-state index is 0.0873. The van der Waals surface area contributed by atoms with Crippen molar-refractivity contribution in [3.63, 3.8) is 0 Å². The van der Waals surface area contributed by atoms with E-state index in [9.17, 15) is 13.2 Å². The van der Waals surface area contributed by atoms with Crippen LogP contribution in [0.4, 0.5) is 5.13 Å². The maximum Gasteiger partial charge on any atom is 0.304 e. The Morgan fingerprint density at radius 2 is 2.38 bits per heavy atom. The Labute approximate surface area is 96.9 Å². The predicted molar refractivity (Wildman–Crippen MR) is 59.5 cm³/mol. The molecule has 0 aliphatic heterocycles. The minimum Gasteiger partial charge on any atom is -0.481 e. The molecule has 0 radical (unpaired) electrons. The zero-order valence-corrected chi connectivity index (χ0v) is 10.1. The smallest absolute Gasteiger partial charge is 0.304 e. The maximum absolute atomic E-state index is 11.6. The molecule has 0 atom stereocenters. The van der Waals surface area contributed by atoms with Crippen LogP contribution in [0.3, 0.4) is 0 Å². The molecule has 1 aromatic rings. The summed E-state index contributed by atoms with van der Waals surface area (Å²) in [5.74, 6) is -1.05. The van der Waals surface area contributed by atoms with Crippen molar-refractivity contribution >= 4 is 32.6 Å². The van der Waals surface area contributed by atoms with Gasteiger partial charge in [-0.1, -0.05) is 0 Å². The van der Waals surface area contributed by atoms with Gasteiger partial charge in [0.25, 0.3) is 0 Å². The summed E-state index contributed by atoms with van der Waals surface area (Å²) < 4.78 is 26.4. The summed E-state index contributed by atoms with van der Waals surface area (Å²) in [5, 5.41) is 10.3. The van der Waals surface area contributed by atoms with Crippen LogP contribution in [-0.4, -0.2) is 42.4 Å². The number of aromatic nitrogens is 1. The number of hydrogen-bond acceptors (Lipinski definition) is 5. The van der Waals surface area contributed by atoms with E-state index in [1.54, 1.807) is 5.38 Å². The first-order valence-electron chi connectivity index (χ1n) is 4.27. The third-order valence-corrected chi connectivity index (χ3v) is 3.97. The van der Waals surface area contributed by atoms with Crippen LogP contribution in [0.5, 0.6) is 0 Å². The van der Waals surface area contributed by atoms with Gasteiger partial charge in [0.2, 0.25) is 0 Å². The van der Waals surface area contributed by atoms with Crippen LogP contribution in [0.25, 0.3) is 0 Å². The van der Waals surface area contributed by atoms with E-state index in [1.807, 2.05) is 0 Å². The van der Waals surface area contributed by atoms with Crippen LogP contribution in [0.1, 0.15) is 6.42 Å². The van der Waals surface area contributed by atoms with Crippen molar-refractivity contribution in [1.82, 2.24) is 9.29 Å². The topological polar surface area (TPSA) is 99.6 Å². The highest BCUT2D eigenvalue weighted by molar-refractivity contribution is 7.90. The lowest BCUT2D eigenvalue weighted by Crippen LogP contribution is -2.34. The monoisotopic (exact) mass is 265 g/mol. The van der Waals surface area contributed by atoms with E-state index < -0.39 is 16.2 Å². The second-order valence-electron chi connectivity index (χ2n) is 2.91. The first kappa shape index (κ1) is 12.9. The highest BCUT2D eigenvalue weighted by atomic mass is 32.2. The molecule has 0 fully saturated rings. The molecule has 9 heteroatoms. The number of anilines is 1. The van der Waals surface area contributed by atoms with Crippen molar-refractivity contribution in [2.24, 2.45) is 0 Å². The molecule has 0 amide bonds. The number of aliphatic carboxylic acids is 1. The Bertz CT molecular complexity index is 442. The molecule has 0 aliphatic rings. The van der Waals surface area contributed by atoms with Gasteiger partial charge in [-0.05, 0) is 0 Å². The van der Waals surface area contributed by atoms with Gasteiger partial charge < -0.3 is 5.11 Å². The average Bonchev–Trinajstić information content (AvgIpc) is 2.65. The molecule has 0 unspecified atom stereocenters. The lowest BCUT2D eigenvalue weighted by atomic mass is 10.4. The SMILES string of the molecule is CN(CCC(=O)O)S(=O)(=O)Nc1nccs1. The number of nitrogens with one attached hydrogen (secondary N) is 1. The van der Waals surface area contributed by atoms with Crippen molar-refractivity contribution in [2.45, 2.75) is 6.42 Å². The van der Waals surface area contributed by atoms with E-state index in [0.717, 1.165) is 15.6 Å². The number of thiazole rings is 1. The van der Waals surface area contributed by atoms with Crippen molar-refractivity contribution in [1.29, 1.82) is 0 Å². The quantitative estimate of drug-likeness (QED) is 0.765. The van der Waals surface area contributed by atoms with E-state index in [2.05, 4.69) is 9.71 Å². The molecular formula is C7H11N3O4S2. The molecule has 90 valence electrons. The van der Waals surface area contributed by atoms with Crippen molar-refractivity contribution in [3.8, 4) is 0 Å². The molecular weight excluding hydrogens is 254 g/mol. The van der Waals surface area contributed by atoms with E-state index in [0.29, 0.717) is 0 Å². The summed E-state index contributed by atoms with van der Waals surface area (Å²) in [6.07, 6.45) is 1.23. The Balaban J connectivity index is 2.59. The Morgan fingerprint density at radius 3 is 2.88 bits per heavy atom. The highest BCUT2D eigenvalue weighted by Crippen LogP contribution is 2.13. The second kappa shape index (κ2) is 5.23. The molecule has 0 bridgehead atoms. The molecule has 0 saturated carbocycles. The number of carbonyl (C=O) groups is 1. The largest absolute Gasteiger partial charge is 0.481 e. The third kappa shape index (κ3) is 3.76. The maximum atomic E-state index is 11.6. The van der Waals surface area contributed by atoms with Crippen molar-refractivity contribution in [2.75, 3.05) is 18.3 Å². The third-order valence-electron chi connectivity index (χ3n) is 1.70. The standard InChI is InChI=1S/C7H11N3O4S2/c1-10(4-2-6(11)12)16(13,14)9-7-8-3-5-15-7/h3,5H,2,4H2,1H3,(H,8,9)(H,11,12). The van der Waals surface area contributed by atoms with E-state index in [-0.39, 0.29) is 18.1 Å². The van der Waals surface area contributed by atoms with Gasteiger partial charge in [0.1, 0.15) is 0 Å². The minimum atomic E-state index is -3.71. The summed E-state index contributed by atoms with van der Waals surface area (Å²) in [6, 6.07) is 0. The summed E-state index contributed by atoms with van der Waals surface area (Å²) in [4.78, 5) is 14.1. The number of rotatable bonds is 6. The summed E-state index contributed by atoms with van der Waals surface area (Å²) in [6.45, 7) is -0.0873. The Morgan fingerprint density at radius 1 is 1.69 bits per heavy atom. The van der Waals surface area contributed by atoms with Gasteiger partial charge in [0, 0.05) is 25.2 Å². The van der Waals surface area contributed by atoms with Crippen LogP contribution in [0, 0.1) is 0 Å². The fourth-order valence-electron chi connectivity index (χ4n) is 0.835. The number of nitrogens with zero attached hydrogens (tertiary/aromatic N) is 2. The number of carboxylic acids is 1. The van der Waals surface area contributed by atoms with Crippen LogP contribution in [0.2, 0.25) is 0 Å². The summed E-state index contributed by atoms with van der Waals surface area (Å²) in [5.41, 5.74) is 0. The fraction of sp³-hybridized carbons (Fsp3) is 0.429. The Kier molecular flexibility index (Phi) is 4.21. The summed E-state index contributed by atoms with van der Waals surface area (Å²) >= 11 is 1.15. The molecule has 7 nitrogen and oxygen atoms in total. The van der Waals surface area contributed by atoms with Crippen molar-refractivity contribution in [3.05, 3.63) is 11.6 Å². The molecule has 1 rings (SSSR count). The first-order chi connectivity index (χ1) is 7.42. The van der Waals surface area contributed by atoms with Crippen LogP contribution in [0.15, 0.2) is 11.6 Å². The summed E-state index contributed by atoms with van der Waals surface area (Å²) in [7, 11) is -2.41. The van der Waals surface area contributed by atoms with Crippen LogP contribution in [-0.2, 0) is 15.0 Å². The molecule has 16 heavy (non-hydrogen) atoms. The van der Waals surface area contributed by atoms with Crippen molar-refractivity contribution < 1.29 is 18.3 Å². The predicted octanol–water partition coefficient (Wildman–Crippen LogP) is 0.206. The van der Waals surface area contributed by atoms with Gasteiger partial charge in [-0.3, -0.25) is 4.79 Å². The lowest BCUT2D eigenvalue weighted by Gasteiger charge is -2.15. The van der Waals surface area contributed by atoms with Gasteiger partial charge in [-0.25, -0.2) is 9.71 Å². The number of carboxylic acid groups (broad SMARTS) is 1. The highest BCUT2D eigenvalue weighted by Gasteiger charge is 2.19. The normalized spacial score (nSPS) is 11.6. The zero-order valence-electron chi connectivity index (χ0n) is 8.45. The molecule has 1 aromatic heterocycles. The van der Waals surface area contributed by atoms with Gasteiger partial charge >= 0.3 is 16.2 Å². The molecule has 0 saturated heterocycles. The molecule has 2 N–H and O–H groups in total. The van der Waals surface area contributed by atoms with Gasteiger partial charge in [-0.15, -0.1) is 11.3 Å². The molecule has 0 aromatic carbocycles. The molecule has 0 aliphatic carbocycles. The van der Waals surface area contributed by atoms with Gasteiger partial charge in [0.05, 0.1) is 6.42 Å². The first-order valence-corrected chi connectivity index (χ1v) is 6.59. The van der Waals surface area contributed by atoms with E-state index in [4.69, 9.17) is 5.11 Å². The van der Waals surface area contributed by atoms with Crippen LogP contribution >= 0.6 is 11.3 Å². The molecule has 0 spiro atoms. The average molecular weight is 265 g/mol. The van der Waals surface area contributed by atoms with Gasteiger partial charge in [0.15, 0.2) is 5.13 Å². The Hall–Kier alpha value is -1.19. The van der Waals surface area contributed by atoms with Crippen LogP contribution < -0.4 is 4.72 Å². The fourth-order valence-corrected chi connectivity index (χ4v) is 2.48.